The van der Waals surface area contributed by atoms with Crippen molar-refractivity contribution in [3.8, 4) is 0 Å². The molecule has 0 unspecified atom stereocenters. The molecule has 0 saturated heterocycles. The van der Waals surface area contributed by atoms with E-state index in [1.807, 2.05) is 24.1 Å². The highest BCUT2D eigenvalue weighted by molar-refractivity contribution is 6.26. The summed E-state index contributed by atoms with van der Waals surface area (Å²) in [5.74, 6) is -0.668. The summed E-state index contributed by atoms with van der Waals surface area (Å²) in [6, 6.07) is 3.99. The predicted molar refractivity (Wildman–Crippen MR) is 108 cm³/mol. The second-order valence-corrected chi connectivity index (χ2v) is 7.39. The number of hydrogen-bond acceptors (Lipinski definition) is 6. The topological polar surface area (TPSA) is 84.5 Å². The van der Waals surface area contributed by atoms with Gasteiger partial charge in [-0.15, -0.1) is 0 Å². The number of nitrogens with zero attached hydrogens (tertiary/aromatic N) is 2. The maximum absolute atomic E-state index is 13.1. The largest absolute Gasteiger partial charge is 0.462 e. The molecule has 2 aromatic rings. The maximum atomic E-state index is 13.1. The van der Waals surface area contributed by atoms with Crippen LogP contribution in [0.3, 0.4) is 0 Å². The van der Waals surface area contributed by atoms with Crippen molar-refractivity contribution in [1.82, 2.24) is 14.9 Å². The highest BCUT2D eigenvalue weighted by atomic mass is 16.5. The van der Waals surface area contributed by atoms with Crippen LogP contribution in [0.4, 0.5) is 0 Å². The lowest BCUT2D eigenvalue weighted by molar-refractivity contribution is -0.139. The van der Waals surface area contributed by atoms with Crippen LogP contribution in [0.5, 0.6) is 0 Å². The molecule has 7 nitrogen and oxygen atoms in total. The summed E-state index contributed by atoms with van der Waals surface area (Å²) in [4.78, 5) is 34.9. The van der Waals surface area contributed by atoms with E-state index in [1.165, 1.54) is 6.42 Å². The van der Waals surface area contributed by atoms with E-state index < -0.39 is 11.8 Å². The number of aromatic amines is 1. The molecule has 0 bridgehead atoms. The number of ketones is 1. The molecule has 2 aromatic heterocycles. The van der Waals surface area contributed by atoms with Gasteiger partial charge in [0.05, 0.1) is 6.61 Å². The Bertz CT molecular complexity index is 998. The van der Waals surface area contributed by atoms with Crippen molar-refractivity contribution >= 4 is 28.9 Å². The van der Waals surface area contributed by atoms with Gasteiger partial charge in [-0.3, -0.25) is 4.79 Å². The molecule has 2 aliphatic rings. The van der Waals surface area contributed by atoms with Crippen molar-refractivity contribution in [3.05, 3.63) is 47.3 Å². The monoisotopic (exact) mass is 395 g/mol. The zero-order valence-corrected chi connectivity index (χ0v) is 16.7. The molecule has 0 amide bonds. The predicted octanol–water partition coefficient (Wildman–Crippen LogP) is 3.54. The minimum Gasteiger partial charge on any atom is -0.462 e. The van der Waals surface area contributed by atoms with Crippen LogP contribution in [0.25, 0.3) is 17.1 Å². The zero-order valence-electron chi connectivity index (χ0n) is 16.7. The van der Waals surface area contributed by atoms with Gasteiger partial charge in [0.1, 0.15) is 5.65 Å². The molecule has 1 saturated carbocycles. The number of hydrogen-bond donors (Lipinski definition) is 1. The average Bonchev–Trinajstić information content (AvgIpc) is 3.30. The van der Waals surface area contributed by atoms with Gasteiger partial charge >= 0.3 is 5.97 Å². The van der Waals surface area contributed by atoms with E-state index in [0.717, 1.165) is 42.3 Å². The lowest BCUT2D eigenvalue weighted by atomic mass is 9.94. The van der Waals surface area contributed by atoms with E-state index in [-0.39, 0.29) is 24.0 Å². The summed E-state index contributed by atoms with van der Waals surface area (Å²) in [5, 5.41) is 0.878. The highest BCUT2D eigenvalue weighted by Gasteiger charge is 2.40. The Morgan fingerprint density at radius 3 is 2.93 bits per heavy atom. The Hall–Kier alpha value is -3.09. The van der Waals surface area contributed by atoms with Crippen LogP contribution in [-0.4, -0.2) is 46.3 Å². The third kappa shape index (κ3) is 3.64. The summed E-state index contributed by atoms with van der Waals surface area (Å²) in [6.07, 6.45) is 10.6. The normalized spacial score (nSPS) is 19.1. The van der Waals surface area contributed by atoms with E-state index in [1.54, 1.807) is 25.4 Å². The number of carbonyl (C=O) groups is 2. The van der Waals surface area contributed by atoms with Gasteiger partial charge in [0.15, 0.2) is 11.3 Å². The van der Waals surface area contributed by atoms with Crippen LogP contribution in [0.15, 0.2) is 41.7 Å². The molecule has 29 heavy (non-hydrogen) atoms. The van der Waals surface area contributed by atoms with Gasteiger partial charge in [-0.1, -0.05) is 19.3 Å². The molecule has 152 valence electrons. The minimum atomic E-state index is -0.640. The molecule has 1 N–H and O–H groups in total. The zero-order chi connectivity index (χ0) is 20.4. The van der Waals surface area contributed by atoms with Gasteiger partial charge in [-0.2, -0.15) is 0 Å². The van der Waals surface area contributed by atoms with Crippen molar-refractivity contribution in [2.45, 2.75) is 45.1 Å². The van der Waals surface area contributed by atoms with Gasteiger partial charge < -0.3 is 19.4 Å². The summed E-state index contributed by atoms with van der Waals surface area (Å²) >= 11 is 0. The van der Waals surface area contributed by atoms with E-state index in [2.05, 4.69) is 9.97 Å². The molecule has 0 aromatic carbocycles. The number of carbonyl (C=O) groups excluding carboxylic acids is 2. The second kappa shape index (κ2) is 8.11. The number of rotatable bonds is 5. The molecule has 3 heterocycles. The van der Waals surface area contributed by atoms with E-state index in [0.29, 0.717) is 5.88 Å². The van der Waals surface area contributed by atoms with E-state index >= 15 is 0 Å². The van der Waals surface area contributed by atoms with Gasteiger partial charge in [-0.25, -0.2) is 9.78 Å². The fraction of sp³-hybridized carbons (Fsp3) is 0.409. The van der Waals surface area contributed by atoms with Gasteiger partial charge in [0.2, 0.25) is 11.7 Å². The van der Waals surface area contributed by atoms with Crippen molar-refractivity contribution in [1.29, 1.82) is 0 Å². The van der Waals surface area contributed by atoms with Crippen LogP contribution in [0.1, 0.15) is 44.6 Å². The lowest BCUT2D eigenvalue weighted by Crippen LogP contribution is -2.34. The van der Waals surface area contributed by atoms with Crippen LogP contribution >= 0.6 is 0 Å². The number of esters is 1. The Balaban J connectivity index is 1.69. The first-order chi connectivity index (χ1) is 14.1. The number of nitrogens with one attached hydrogen (secondary N) is 1. The standard InChI is InChI=1S/C22H25N3O4/c1-3-28-22(27)18-19(26)17(12-14-13-24-20-16(14)10-7-11-23-20)29-21(18)25(2)15-8-5-4-6-9-15/h7,10-13,15H,3-6,8-9H2,1-2H3,(H,23,24). The molecular formula is C22H25N3O4. The van der Waals surface area contributed by atoms with Gasteiger partial charge in [-0.05, 0) is 38.0 Å². The van der Waals surface area contributed by atoms with Crippen molar-refractivity contribution < 1.29 is 19.1 Å². The van der Waals surface area contributed by atoms with Gasteiger partial charge in [0.25, 0.3) is 0 Å². The van der Waals surface area contributed by atoms with Crippen LogP contribution < -0.4 is 0 Å². The molecule has 0 atom stereocenters. The average molecular weight is 395 g/mol. The third-order valence-corrected chi connectivity index (χ3v) is 5.56. The van der Waals surface area contributed by atoms with Gasteiger partial charge in [0, 0.05) is 36.4 Å². The Labute approximate surface area is 169 Å². The molecule has 0 radical (unpaired) electrons. The fourth-order valence-corrected chi connectivity index (χ4v) is 4.02. The lowest BCUT2D eigenvalue weighted by Gasteiger charge is -2.32. The summed E-state index contributed by atoms with van der Waals surface area (Å²) < 4.78 is 11.1. The Kier molecular flexibility index (Phi) is 5.38. The first kappa shape index (κ1) is 19.2. The Morgan fingerprint density at radius 2 is 2.17 bits per heavy atom. The molecule has 1 aliphatic heterocycles. The fourth-order valence-electron chi connectivity index (χ4n) is 4.02. The quantitative estimate of drug-likeness (QED) is 0.474. The number of ether oxygens (including phenoxy) is 2. The number of H-pyrrole nitrogens is 1. The van der Waals surface area contributed by atoms with Crippen LogP contribution in [0.2, 0.25) is 0 Å². The molecule has 0 spiro atoms. The number of pyridine rings is 1. The molecule has 4 rings (SSSR count). The van der Waals surface area contributed by atoms with Crippen molar-refractivity contribution in [2.24, 2.45) is 0 Å². The minimum absolute atomic E-state index is 0.0239. The highest BCUT2D eigenvalue weighted by Crippen LogP contribution is 2.34. The first-order valence-corrected chi connectivity index (χ1v) is 10.1. The number of aromatic nitrogens is 2. The van der Waals surface area contributed by atoms with E-state index in [4.69, 9.17) is 9.47 Å². The summed E-state index contributed by atoms with van der Waals surface area (Å²) in [6.45, 7) is 1.92. The van der Waals surface area contributed by atoms with Crippen molar-refractivity contribution in [3.63, 3.8) is 0 Å². The first-order valence-electron chi connectivity index (χ1n) is 10.1. The summed E-state index contributed by atoms with van der Waals surface area (Å²) in [7, 11) is 1.89. The molecular weight excluding hydrogens is 370 g/mol. The molecule has 1 fully saturated rings. The maximum Gasteiger partial charge on any atom is 0.347 e. The van der Waals surface area contributed by atoms with Crippen LogP contribution in [-0.2, 0) is 19.1 Å². The van der Waals surface area contributed by atoms with E-state index in [9.17, 15) is 9.59 Å². The number of fused-ring (bicyclic) bond motifs is 1. The van der Waals surface area contributed by atoms with Crippen LogP contribution in [0, 0.1) is 0 Å². The smallest absolute Gasteiger partial charge is 0.347 e. The third-order valence-electron chi connectivity index (χ3n) is 5.56. The molecule has 1 aliphatic carbocycles. The summed E-state index contributed by atoms with van der Waals surface area (Å²) in [5.41, 5.74) is 1.48. The SMILES string of the molecule is CCOC(=O)C1=C(N(C)C2CCCCC2)OC(=Cc2c[nH]c3ncccc23)C1=O. The number of Topliss-reactive ketones (excluding diaryl/α,β-unsaturated/α-hetero) is 1. The Morgan fingerprint density at radius 1 is 1.38 bits per heavy atom. The van der Waals surface area contributed by atoms with Crippen molar-refractivity contribution in [2.75, 3.05) is 13.7 Å². The number of allylic oxidation sites excluding steroid dienone is 1. The second-order valence-electron chi connectivity index (χ2n) is 7.39. The molecule has 7 heteroatoms.